The first-order valence-electron chi connectivity index (χ1n) is 2.94. The summed E-state index contributed by atoms with van der Waals surface area (Å²) in [6.45, 7) is 0.516. The fourth-order valence-electron chi connectivity index (χ4n) is 0.773. The Kier molecular flexibility index (Phi) is 2.43. The first kappa shape index (κ1) is 6.97. The Morgan fingerprint density at radius 2 is 2.56 bits per heavy atom. The maximum absolute atomic E-state index is 10.5. The van der Waals surface area contributed by atoms with E-state index >= 15 is 0 Å². The molecule has 1 fully saturated rings. The number of carbonyl (C=O) groups is 1. The Hall–Kier alpha value is -0.140. The molecule has 1 heterocycles. The van der Waals surface area contributed by atoms with Gasteiger partial charge in [0.1, 0.15) is 6.61 Å². The quantitative estimate of drug-likeness (QED) is 0.421. The monoisotopic (exact) mass is 147 g/mol. The van der Waals surface area contributed by atoms with Crippen molar-refractivity contribution in [1.29, 1.82) is 0 Å². The number of carbonyl (C=O) groups excluding carboxylic acids is 1. The number of nitrogens with one attached hydrogen (secondary N) is 1. The molecule has 1 unspecified atom stereocenters. The van der Waals surface area contributed by atoms with Crippen molar-refractivity contribution in [3.63, 3.8) is 0 Å². The van der Waals surface area contributed by atoms with E-state index < -0.39 is 0 Å². The van der Waals surface area contributed by atoms with Crippen molar-refractivity contribution in [3.8, 4) is 0 Å². The van der Waals surface area contributed by atoms with E-state index in [0.29, 0.717) is 19.1 Å². The third-order valence-electron chi connectivity index (χ3n) is 1.38. The third kappa shape index (κ3) is 1.92. The number of cyclic esters (lactones) is 1. The molecule has 4 heteroatoms. The van der Waals surface area contributed by atoms with E-state index in [1.165, 1.54) is 0 Å². The summed E-state index contributed by atoms with van der Waals surface area (Å²) in [6.07, 6.45) is 1.44. The maximum Gasteiger partial charge on any atom is 0.305 e. The Bertz CT molecular complexity index is 108. The smallest absolute Gasteiger partial charge is 0.305 e. The van der Waals surface area contributed by atoms with Crippen LogP contribution in [0.15, 0.2) is 0 Å². The number of rotatable bonds is 1. The van der Waals surface area contributed by atoms with Crippen LogP contribution in [0.3, 0.4) is 0 Å². The molecule has 2 atom stereocenters. The van der Waals surface area contributed by atoms with Crippen molar-refractivity contribution < 1.29 is 9.53 Å². The average molecular weight is 147 g/mol. The second-order valence-corrected chi connectivity index (χ2v) is 2.42. The Morgan fingerprint density at radius 3 is 3.00 bits per heavy atom. The van der Waals surface area contributed by atoms with Crippen LogP contribution in [-0.4, -0.2) is 18.6 Å². The summed E-state index contributed by atoms with van der Waals surface area (Å²) in [5, 5.41) is 2.96. The van der Waals surface area contributed by atoms with Gasteiger partial charge in [0.15, 0.2) is 0 Å². The lowest BCUT2D eigenvalue weighted by Gasteiger charge is -2.20. The summed E-state index contributed by atoms with van der Waals surface area (Å²) in [7, 11) is 2.42. The minimum absolute atomic E-state index is 0.0773. The molecule has 9 heavy (non-hydrogen) atoms. The topological polar surface area (TPSA) is 38.3 Å². The van der Waals surface area contributed by atoms with Crippen LogP contribution in [0, 0.1) is 0 Å². The highest BCUT2D eigenvalue weighted by Gasteiger charge is 2.17. The number of ether oxygens (including phenoxy) is 1. The van der Waals surface area contributed by atoms with E-state index in [1.807, 2.05) is 0 Å². The minimum Gasteiger partial charge on any atom is -0.464 e. The van der Waals surface area contributed by atoms with Crippen LogP contribution in [0.1, 0.15) is 12.8 Å². The van der Waals surface area contributed by atoms with E-state index in [0.717, 1.165) is 6.42 Å². The van der Waals surface area contributed by atoms with Crippen LogP contribution in [0.2, 0.25) is 0 Å². The fraction of sp³-hybridized carbons (Fsp3) is 0.800. The van der Waals surface area contributed by atoms with Gasteiger partial charge in [-0.2, -0.15) is 0 Å². The highest BCUT2D eigenvalue weighted by atomic mass is 31.0. The van der Waals surface area contributed by atoms with Crippen LogP contribution in [-0.2, 0) is 9.53 Å². The molecule has 52 valence electrons. The number of hydrogen-bond donors (Lipinski definition) is 1. The van der Waals surface area contributed by atoms with Crippen molar-refractivity contribution in [1.82, 2.24) is 5.09 Å². The number of esters is 1. The van der Waals surface area contributed by atoms with Crippen LogP contribution < -0.4 is 5.09 Å². The molecule has 0 aromatic rings. The zero-order chi connectivity index (χ0) is 6.69. The van der Waals surface area contributed by atoms with Gasteiger partial charge in [-0.25, -0.2) is 0 Å². The molecule has 0 radical (unpaired) electrons. The zero-order valence-electron chi connectivity index (χ0n) is 5.09. The minimum atomic E-state index is -0.0773. The van der Waals surface area contributed by atoms with Crippen molar-refractivity contribution >= 4 is 15.4 Å². The summed E-state index contributed by atoms with van der Waals surface area (Å²) in [5.41, 5.74) is 0. The highest BCUT2D eigenvalue weighted by molar-refractivity contribution is 7.13. The molecule has 1 aliphatic rings. The molecule has 0 amide bonds. The normalized spacial score (nSPS) is 27.7. The molecule has 0 saturated carbocycles. The van der Waals surface area contributed by atoms with Crippen LogP contribution in [0.4, 0.5) is 0 Å². The molecule has 0 aromatic carbocycles. The second-order valence-electron chi connectivity index (χ2n) is 2.09. The van der Waals surface area contributed by atoms with E-state index in [2.05, 4.69) is 14.5 Å². The molecule has 1 N–H and O–H groups in total. The Morgan fingerprint density at radius 1 is 1.78 bits per heavy atom. The molecule has 3 nitrogen and oxygen atoms in total. The predicted octanol–water partition coefficient (Wildman–Crippen LogP) is 0.0717. The SMILES string of the molecule is O=C1CC[C@H](NP)CO1. The summed E-state index contributed by atoms with van der Waals surface area (Å²) in [4.78, 5) is 10.5. The second kappa shape index (κ2) is 3.14. The van der Waals surface area contributed by atoms with Gasteiger partial charge in [0, 0.05) is 12.5 Å². The Labute approximate surface area is 56.4 Å². The van der Waals surface area contributed by atoms with Gasteiger partial charge >= 0.3 is 5.97 Å². The van der Waals surface area contributed by atoms with Gasteiger partial charge in [-0.1, -0.05) is 9.39 Å². The average Bonchev–Trinajstić information content (AvgIpc) is 1.90. The van der Waals surface area contributed by atoms with E-state index in [-0.39, 0.29) is 5.97 Å². The Balaban J connectivity index is 2.26. The van der Waals surface area contributed by atoms with Gasteiger partial charge in [0.25, 0.3) is 0 Å². The summed E-state index contributed by atoms with van der Waals surface area (Å²) < 4.78 is 4.77. The van der Waals surface area contributed by atoms with Gasteiger partial charge in [-0.3, -0.25) is 9.88 Å². The number of hydrogen-bond acceptors (Lipinski definition) is 3. The van der Waals surface area contributed by atoms with Crippen LogP contribution >= 0.6 is 9.39 Å². The molecule has 1 saturated heterocycles. The van der Waals surface area contributed by atoms with Crippen molar-refractivity contribution in [3.05, 3.63) is 0 Å². The molecule has 1 rings (SSSR count). The molecule has 0 aliphatic carbocycles. The molecule has 0 aromatic heterocycles. The van der Waals surface area contributed by atoms with E-state index in [1.54, 1.807) is 0 Å². The molecule has 1 aliphatic heterocycles. The van der Waals surface area contributed by atoms with Crippen molar-refractivity contribution in [2.75, 3.05) is 6.61 Å². The lowest BCUT2D eigenvalue weighted by molar-refractivity contribution is -0.147. The van der Waals surface area contributed by atoms with Gasteiger partial charge in [0.05, 0.1) is 0 Å². The lowest BCUT2D eigenvalue weighted by atomic mass is 10.1. The van der Waals surface area contributed by atoms with Gasteiger partial charge in [-0.15, -0.1) is 0 Å². The zero-order valence-corrected chi connectivity index (χ0v) is 6.25. The third-order valence-corrected chi connectivity index (χ3v) is 1.85. The first-order valence-corrected chi connectivity index (χ1v) is 3.52. The van der Waals surface area contributed by atoms with Crippen molar-refractivity contribution in [2.45, 2.75) is 18.9 Å². The molecule has 0 spiro atoms. The van der Waals surface area contributed by atoms with Crippen molar-refractivity contribution in [2.24, 2.45) is 0 Å². The van der Waals surface area contributed by atoms with Gasteiger partial charge in [-0.05, 0) is 6.42 Å². The first-order chi connectivity index (χ1) is 4.33. The van der Waals surface area contributed by atoms with E-state index in [4.69, 9.17) is 4.74 Å². The van der Waals surface area contributed by atoms with Gasteiger partial charge < -0.3 is 4.74 Å². The summed E-state index contributed by atoms with van der Waals surface area (Å²) in [5.74, 6) is -0.0773. The molecule has 0 bridgehead atoms. The summed E-state index contributed by atoms with van der Waals surface area (Å²) in [6, 6.07) is 0.340. The fourth-order valence-corrected chi connectivity index (χ4v) is 1.04. The standard InChI is InChI=1S/C5H10NO2P/c7-5-2-1-4(6-9)3-8-5/h4,6H,1-3,9H2/t4-/m0/s1. The van der Waals surface area contributed by atoms with Crippen LogP contribution in [0.5, 0.6) is 0 Å². The molecular formula is C5H10NO2P. The molecular weight excluding hydrogens is 137 g/mol. The highest BCUT2D eigenvalue weighted by Crippen LogP contribution is 2.07. The van der Waals surface area contributed by atoms with E-state index in [9.17, 15) is 4.79 Å². The summed E-state index contributed by atoms with van der Waals surface area (Å²) >= 11 is 0. The largest absolute Gasteiger partial charge is 0.464 e. The lowest BCUT2D eigenvalue weighted by Crippen LogP contribution is -2.32. The van der Waals surface area contributed by atoms with Crippen LogP contribution in [0.25, 0.3) is 0 Å². The predicted molar refractivity (Wildman–Crippen MR) is 36.8 cm³/mol. The maximum atomic E-state index is 10.5. The van der Waals surface area contributed by atoms with Gasteiger partial charge in [0.2, 0.25) is 0 Å².